The molecule has 0 spiro atoms. The summed E-state index contributed by atoms with van der Waals surface area (Å²) in [6.07, 6.45) is 3.06. The molecule has 0 unspecified atom stereocenters. The zero-order chi connectivity index (χ0) is 7.11. The second-order valence-electron chi connectivity index (χ2n) is 2.51. The molecule has 54 valence electrons. The number of nitrogens with zero attached hydrogens (tertiary/aromatic N) is 1. The normalized spacial score (nSPS) is 11.6. The molecule has 0 saturated carbocycles. The van der Waals surface area contributed by atoms with Crippen molar-refractivity contribution < 1.29 is 0 Å². The summed E-state index contributed by atoms with van der Waals surface area (Å²) in [4.78, 5) is 4.09. The van der Waals surface area contributed by atoms with Gasteiger partial charge in [0.25, 0.3) is 0 Å². The lowest BCUT2D eigenvalue weighted by molar-refractivity contribution is 0.687. The Hall–Kier alpha value is -0.370. The van der Waals surface area contributed by atoms with Crippen molar-refractivity contribution in [3.8, 4) is 0 Å². The molecule has 1 N–H and O–H groups in total. The molecule has 2 nitrogen and oxygen atoms in total. The Kier molecular flexibility index (Phi) is 5.52. The molecule has 0 aliphatic rings. The van der Waals surface area contributed by atoms with E-state index in [1.54, 1.807) is 0 Å². The lowest BCUT2D eigenvalue weighted by Crippen LogP contribution is -2.04. The van der Waals surface area contributed by atoms with E-state index in [0.717, 1.165) is 19.0 Å². The molecule has 0 bridgehead atoms. The van der Waals surface area contributed by atoms with Crippen LogP contribution in [0.5, 0.6) is 0 Å². The molecule has 0 rings (SSSR count). The Balaban J connectivity index is 3.04. The third kappa shape index (κ3) is 7.63. The molecular weight excluding hydrogens is 112 g/mol. The molecule has 0 heterocycles. The van der Waals surface area contributed by atoms with Gasteiger partial charge in [-0.1, -0.05) is 13.8 Å². The predicted molar refractivity (Wildman–Crippen MR) is 41.9 cm³/mol. The van der Waals surface area contributed by atoms with Crippen molar-refractivity contribution in [2.45, 2.75) is 20.3 Å². The Morgan fingerprint density at radius 2 is 2.22 bits per heavy atom. The molecule has 0 aliphatic carbocycles. The second-order valence-corrected chi connectivity index (χ2v) is 2.51. The first kappa shape index (κ1) is 8.63. The van der Waals surface area contributed by atoms with E-state index in [4.69, 9.17) is 0 Å². The number of rotatable bonds is 4. The maximum Gasteiger partial charge on any atom is 0.0878 e. The van der Waals surface area contributed by atoms with E-state index in [2.05, 4.69) is 24.2 Å². The molecule has 9 heavy (non-hydrogen) atoms. The van der Waals surface area contributed by atoms with Crippen LogP contribution in [0.3, 0.4) is 0 Å². The molecule has 0 aliphatic heterocycles. The van der Waals surface area contributed by atoms with Crippen molar-refractivity contribution in [1.29, 1.82) is 0 Å². The third-order valence-corrected chi connectivity index (χ3v) is 0.955. The second kappa shape index (κ2) is 5.76. The molecule has 0 radical (unpaired) electrons. The highest BCUT2D eigenvalue weighted by Gasteiger charge is 1.86. The molecule has 0 aromatic carbocycles. The summed E-state index contributed by atoms with van der Waals surface area (Å²) in [5.74, 6) is 0.727. The lowest BCUT2D eigenvalue weighted by Gasteiger charge is -1.95. The maximum absolute atomic E-state index is 4.09. The summed E-state index contributed by atoms with van der Waals surface area (Å²) in [5, 5.41) is 2.94. The highest BCUT2D eigenvalue weighted by molar-refractivity contribution is 5.57. The molecule has 2 heteroatoms. The number of nitrogens with one attached hydrogen (secondary N) is 1. The van der Waals surface area contributed by atoms with E-state index < -0.39 is 0 Å². The van der Waals surface area contributed by atoms with Crippen molar-refractivity contribution >= 4 is 6.21 Å². The van der Waals surface area contributed by atoms with Crippen molar-refractivity contribution in [2.24, 2.45) is 10.9 Å². The molecular formula is C7H16N2. The van der Waals surface area contributed by atoms with Gasteiger partial charge in [-0.25, -0.2) is 0 Å². The van der Waals surface area contributed by atoms with Gasteiger partial charge < -0.3 is 5.32 Å². The molecule has 0 saturated heterocycles. The van der Waals surface area contributed by atoms with Crippen LogP contribution in [0.15, 0.2) is 4.99 Å². The van der Waals surface area contributed by atoms with E-state index in [-0.39, 0.29) is 0 Å². The summed E-state index contributed by atoms with van der Waals surface area (Å²) in [7, 11) is 1.90. The number of aliphatic imine (C=N–C) groups is 1. The largest absolute Gasteiger partial charge is 0.301 e. The Bertz CT molecular complexity index is 77.0. The number of hydrogen-bond donors (Lipinski definition) is 1. The zero-order valence-corrected chi connectivity index (χ0v) is 6.52. The van der Waals surface area contributed by atoms with Crippen LogP contribution in [0, 0.1) is 5.92 Å². The van der Waals surface area contributed by atoms with Gasteiger partial charge >= 0.3 is 0 Å². The van der Waals surface area contributed by atoms with Crippen LogP contribution in [-0.2, 0) is 0 Å². The molecule has 0 aromatic rings. The fourth-order valence-electron chi connectivity index (χ4n) is 0.441. The van der Waals surface area contributed by atoms with E-state index >= 15 is 0 Å². The summed E-state index contributed by atoms with van der Waals surface area (Å²) in [6, 6.07) is 0. The van der Waals surface area contributed by atoms with Gasteiger partial charge in [-0.3, -0.25) is 4.99 Å². The quantitative estimate of drug-likeness (QED) is 0.567. The van der Waals surface area contributed by atoms with Gasteiger partial charge in [-0.15, -0.1) is 0 Å². The topological polar surface area (TPSA) is 24.4 Å². The van der Waals surface area contributed by atoms with E-state index in [0.29, 0.717) is 0 Å². The standard InChI is InChI=1S/C7H16N2/c1-7(2)4-5-9-6-8-3/h5,7-8H,4,6H2,1-3H3. The summed E-state index contributed by atoms with van der Waals surface area (Å²) in [6.45, 7) is 5.11. The minimum atomic E-state index is 0.727. The van der Waals surface area contributed by atoms with Crippen molar-refractivity contribution in [3.63, 3.8) is 0 Å². The molecule has 0 fully saturated rings. The molecule has 0 aromatic heterocycles. The van der Waals surface area contributed by atoms with Crippen LogP contribution in [0.1, 0.15) is 20.3 Å². The van der Waals surface area contributed by atoms with Crippen molar-refractivity contribution in [1.82, 2.24) is 5.32 Å². The highest BCUT2D eigenvalue weighted by atomic mass is 15.0. The summed E-state index contributed by atoms with van der Waals surface area (Å²) in [5.41, 5.74) is 0. The molecule has 0 amide bonds. The summed E-state index contributed by atoms with van der Waals surface area (Å²) >= 11 is 0. The first-order chi connectivity index (χ1) is 4.27. The third-order valence-electron chi connectivity index (χ3n) is 0.955. The van der Waals surface area contributed by atoms with Crippen LogP contribution in [0.4, 0.5) is 0 Å². The minimum Gasteiger partial charge on any atom is -0.301 e. The van der Waals surface area contributed by atoms with Gasteiger partial charge in [-0.2, -0.15) is 0 Å². The average molecular weight is 128 g/mol. The molecule has 0 atom stereocenters. The van der Waals surface area contributed by atoms with Crippen LogP contribution < -0.4 is 5.32 Å². The SMILES string of the molecule is CNCN=CCC(C)C. The van der Waals surface area contributed by atoms with Gasteiger partial charge in [0.05, 0.1) is 6.67 Å². The van der Waals surface area contributed by atoms with Crippen molar-refractivity contribution in [2.75, 3.05) is 13.7 Å². The van der Waals surface area contributed by atoms with Crippen LogP contribution in [0.2, 0.25) is 0 Å². The summed E-state index contributed by atoms with van der Waals surface area (Å²) < 4.78 is 0. The van der Waals surface area contributed by atoms with Gasteiger partial charge in [0.15, 0.2) is 0 Å². The van der Waals surface area contributed by atoms with Crippen LogP contribution >= 0.6 is 0 Å². The van der Waals surface area contributed by atoms with Crippen LogP contribution in [-0.4, -0.2) is 19.9 Å². The minimum absolute atomic E-state index is 0.727. The maximum atomic E-state index is 4.09. The van der Waals surface area contributed by atoms with Gasteiger partial charge in [0.1, 0.15) is 0 Å². The first-order valence-electron chi connectivity index (χ1n) is 3.40. The van der Waals surface area contributed by atoms with Crippen LogP contribution in [0.25, 0.3) is 0 Å². The van der Waals surface area contributed by atoms with Gasteiger partial charge in [0.2, 0.25) is 0 Å². The Morgan fingerprint density at radius 3 is 2.67 bits per heavy atom. The lowest BCUT2D eigenvalue weighted by atomic mass is 10.2. The average Bonchev–Trinajstić information content (AvgIpc) is 1.80. The van der Waals surface area contributed by atoms with E-state index in [1.165, 1.54) is 0 Å². The van der Waals surface area contributed by atoms with Crippen molar-refractivity contribution in [3.05, 3.63) is 0 Å². The van der Waals surface area contributed by atoms with Gasteiger partial charge in [0, 0.05) is 6.21 Å². The Morgan fingerprint density at radius 1 is 1.56 bits per heavy atom. The monoisotopic (exact) mass is 128 g/mol. The Labute approximate surface area is 57.4 Å². The van der Waals surface area contributed by atoms with E-state index in [1.807, 2.05) is 13.3 Å². The smallest absolute Gasteiger partial charge is 0.0878 e. The predicted octanol–water partition coefficient (Wildman–Crippen LogP) is 1.28. The van der Waals surface area contributed by atoms with Gasteiger partial charge in [-0.05, 0) is 19.4 Å². The zero-order valence-electron chi connectivity index (χ0n) is 6.52. The highest BCUT2D eigenvalue weighted by Crippen LogP contribution is 1.94. The fourth-order valence-corrected chi connectivity index (χ4v) is 0.441. The number of hydrogen-bond acceptors (Lipinski definition) is 2. The fraction of sp³-hybridized carbons (Fsp3) is 0.857. The first-order valence-corrected chi connectivity index (χ1v) is 3.40. The van der Waals surface area contributed by atoms with E-state index in [9.17, 15) is 0 Å².